The summed E-state index contributed by atoms with van der Waals surface area (Å²) >= 11 is 0. The first-order chi connectivity index (χ1) is 11.3. The highest BCUT2D eigenvalue weighted by molar-refractivity contribution is 5.60. The molecule has 0 radical (unpaired) electrons. The Morgan fingerprint density at radius 1 is 1.04 bits per heavy atom. The van der Waals surface area contributed by atoms with Gasteiger partial charge in [-0.15, -0.1) is 0 Å². The Balaban J connectivity index is 1.92. The van der Waals surface area contributed by atoms with Crippen molar-refractivity contribution in [3.05, 3.63) is 36.0 Å². The molecule has 2 aromatic rings. The molecule has 3 N–H and O–H groups in total. The molecule has 0 saturated heterocycles. The average molecular weight is 317 g/mol. The smallest absolute Gasteiger partial charge is 0.117 e. The molecule has 0 fully saturated rings. The minimum absolute atomic E-state index is 0.189. The van der Waals surface area contributed by atoms with Gasteiger partial charge in [0.05, 0.1) is 13.2 Å². The molecule has 0 atom stereocenters. The maximum Gasteiger partial charge on any atom is 0.117 e. The zero-order chi connectivity index (χ0) is 16.3. The molecule has 0 amide bonds. The predicted octanol–water partition coefficient (Wildman–Crippen LogP) is 1.42. The third-order valence-corrected chi connectivity index (χ3v) is 3.48. The van der Waals surface area contributed by atoms with Crippen LogP contribution in [0.1, 0.15) is 25.5 Å². The van der Waals surface area contributed by atoms with Gasteiger partial charge >= 0.3 is 0 Å². The van der Waals surface area contributed by atoms with Crippen molar-refractivity contribution in [3.63, 3.8) is 0 Å². The standard InChI is InChI=1S/C17H27N5O/c1-2-12-22-20-16(14-19-10-6-9-18-11-13-23)17(21-22)15-7-4-3-5-8-15/h3-5,7-8,18-19,23H,2,6,9-14H2,1H3. The van der Waals surface area contributed by atoms with Crippen LogP contribution >= 0.6 is 0 Å². The van der Waals surface area contributed by atoms with Gasteiger partial charge in [0.25, 0.3) is 0 Å². The van der Waals surface area contributed by atoms with E-state index in [1.54, 1.807) is 4.80 Å². The fraction of sp³-hybridized carbons (Fsp3) is 0.529. The van der Waals surface area contributed by atoms with Crippen LogP contribution in [0.15, 0.2) is 30.3 Å². The van der Waals surface area contributed by atoms with Crippen LogP contribution in [0, 0.1) is 0 Å². The van der Waals surface area contributed by atoms with Gasteiger partial charge in [-0.25, -0.2) is 0 Å². The van der Waals surface area contributed by atoms with Crippen molar-refractivity contribution < 1.29 is 5.11 Å². The first-order valence-electron chi connectivity index (χ1n) is 8.37. The first kappa shape index (κ1) is 17.6. The molecule has 0 aliphatic heterocycles. The SMILES string of the molecule is CCCn1nc(CNCCCNCCO)c(-c2ccccc2)n1. The summed E-state index contributed by atoms with van der Waals surface area (Å²) in [6.45, 7) is 6.34. The van der Waals surface area contributed by atoms with Crippen LogP contribution in [-0.2, 0) is 13.1 Å². The van der Waals surface area contributed by atoms with Crippen LogP contribution in [0.5, 0.6) is 0 Å². The molecule has 1 aromatic heterocycles. The minimum Gasteiger partial charge on any atom is -0.395 e. The Kier molecular flexibility index (Phi) is 7.72. The van der Waals surface area contributed by atoms with Crippen LogP contribution in [0.2, 0.25) is 0 Å². The van der Waals surface area contributed by atoms with Crippen molar-refractivity contribution in [1.29, 1.82) is 0 Å². The number of rotatable bonds is 11. The van der Waals surface area contributed by atoms with Crippen LogP contribution in [0.4, 0.5) is 0 Å². The molecule has 23 heavy (non-hydrogen) atoms. The normalized spacial score (nSPS) is 11.0. The molecule has 1 aromatic carbocycles. The van der Waals surface area contributed by atoms with Gasteiger partial charge < -0.3 is 15.7 Å². The van der Waals surface area contributed by atoms with E-state index in [0.29, 0.717) is 13.1 Å². The summed E-state index contributed by atoms with van der Waals surface area (Å²) in [7, 11) is 0. The highest BCUT2D eigenvalue weighted by atomic mass is 16.3. The van der Waals surface area contributed by atoms with Gasteiger partial charge in [-0.3, -0.25) is 0 Å². The second-order valence-corrected chi connectivity index (χ2v) is 5.46. The summed E-state index contributed by atoms with van der Waals surface area (Å²) in [4.78, 5) is 1.79. The number of aliphatic hydroxyl groups is 1. The predicted molar refractivity (Wildman–Crippen MR) is 92.0 cm³/mol. The van der Waals surface area contributed by atoms with Crippen molar-refractivity contribution in [2.24, 2.45) is 0 Å². The zero-order valence-corrected chi connectivity index (χ0v) is 13.8. The Bertz CT molecular complexity index is 555. The molecule has 0 bridgehead atoms. The molecule has 6 nitrogen and oxygen atoms in total. The van der Waals surface area contributed by atoms with E-state index in [4.69, 9.17) is 5.11 Å². The molecule has 0 unspecified atom stereocenters. The van der Waals surface area contributed by atoms with E-state index in [-0.39, 0.29) is 6.61 Å². The summed E-state index contributed by atoms with van der Waals surface area (Å²) in [5.74, 6) is 0. The molecule has 1 heterocycles. The Hall–Kier alpha value is -1.76. The summed E-state index contributed by atoms with van der Waals surface area (Å²) in [5.41, 5.74) is 3.06. The Morgan fingerprint density at radius 3 is 2.57 bits per heavy atom. The van der Waals surface area contributed by atoms with Crippen molar-refractivity contribution >= 4 is 0 Å². The minimum atomic E-state index is 0.189. The maximum atomic E-state index is 8.71. The number of benzene rings is 1. The van der Waals surface area contributed by atoms with Crippen molar-refractivity contribution in [2.45, 2.75) is 32.9 Å². The number of aliphatic hydroxyl groups excluding tert-OH is 1. The third-order valence-electron chi connectivity index (χ3n) is 3.48. The number of hydrogen-bond acceptors (Lipinski definition) is 5. The number of nitrogens with one attached hydrogen (secondary N) is 2. The Labute approximate surface area is 137 Å². The van der Waals surface area contributed by atoms with Crippen LogP contribution in [0.3, 0.4) is 0 Å². The number of nitrogens with zero attached hydrogens (tertiary/aromatic N) is 3. The number of aromatic nitrogens is 3. The Morgan fingerprint density at radius 2 is 1.83 bits per heavy atom. The van der Waals surface area contributed by atoms with E-state index >= 15 is 0 Å². The van der Waals surface area contributed by atoms with Gasteiger partial charge in [-0.1, -0.05) is 37.3 Å². The molecule has 6 heteroatoms. The van der Waals surface area contributed by atoms with E-state index in [1.165, 1.54) is 0 Å². The second-order valence-electron chi connectivity index (χ2n) is 5.46. The van der Waals surface area contributed by atoms with Gasteiger partial charge in [-0.05, 0) is 25.9 Å². The average Bonchev–Trinajstić information content (AvgIpc) is 2.98. The van der Waals surface area contributed by atoms with E-state index in [0.717, 1.165) is 49.4 Å². The second kappa shape index (κ2) is 10.1. The lowest BCUT2D eigenvalue weighted by atomic mass is 10.1. The fourth-order valence-corrected chi connectivity index (χ4v) is 2.37. The van der Waals surface area contributed by atoms with E-state index in [1.807, 2.05) is 18.2 Å². The topological polar surface area (TPSA) is 75.0 Å². The first-order valence-corrected chi connectivity index (χ1v) is 8.37. The third kappa shape index (κ3) is 5.74. The van der Waals surface area contributed by atoms with Crippen LogP contribution in [0.25, 0.3) is 11.3 Å². The maximum absolute atomic E-state index is 8.71. The quantitative estimate of drug-likeness (QED) is 0.547. The summed E-state index contributed by atoms with van der Waals surface area (Å²) in [6, 6.07) is 10.2. The zero-order valence-electron chi connectivity index (χ0n) is 13.8. The molecular formula is C17H27N5O. The number of hydrogen-bond donors (Lipinski definition) is 3. The molecular weight excluding hydrogens is 290 g/mol. The van der Waals surface area contributed by atoms with Gasteiger partial charge in [-0.2, -0.15) is 15.0 Å². The van der Waals surface area contributed by atoms with Gasteiger partial charge in [0.15, 0.2) is 0 Å². The summed E-state index contributed by atoms with van der Waals surface area (Å²) < 4.78 is 0. The lowest BCUT2D eigenvalue weighted by molar-refractivity contribution is 0.292. The lowest BCUT2D eigenvalue weighted by Gasteiger charge is -2.05. The molecule has 0 saturated carbocycles. The van der Waals surface area contributed by atoms with Crippen LogP contribution < -0.4 is 10.6 Å². The van der Waals surface area contributed by atoms with Gasteiger partial charge in [0.2, 0.25) is 0 Å². The fourth-order valence-electron chi connectivity index (χ4n) is 2.37. The molecule has 2 rings (SSSR count). The van der Waals surface area contributed by atoms with Gasteiger partial charge in [0.1, 0.15) is 11.4 Å². The summed E-state index contributed by atoms with van der Waals surface area (Å²) in [6.07, 6.45) is 2.04. The largest absolute Gasteiger partial charge is 0.395 e. The van der Waals surface area contributed by atoms with E-state index in [9.17, 15) is 0 Å². The lowest BCUT2D eigenvalue weighted by Crippen LogP contribution is -2.24. The van der Waals surface area contributed by atoms with Gasteiger partial charge in [0, 0.05) is 18.7 Å². The highest BCUT2D eigenvalue weighted by Gasteiger charge is 2.12. The van der Waals surface area contributed by atoms with Crippen LogP contribution in [-0.4, -0.2) is 46.3 Å². The van der Waals surface area contributed by atoms with Crippen molar-refractivity contribution in [1.82, 2.24) is 25.6 Å². The summed E-state index contributed by atoms with van der Waals surface area (Å²) in [5, 5.41) is 24.6. The molecule has 126 valence electrons. The van der Waals surface area contributed by atoms with E-state index in [2.05, 4.69) is 39.9 Å². The van der Waals surface area contributed by atoms with Crippen molar-refractivity contribution in [3.8, 4) is 11.3 Å². The highest BCUT2D eigenvalue weighted by Crippen LogP contribution is 2.19. The molecule has 0 spiro atoms. The monoisotopic (exact) mass is 317 g/mol. The molecule has 0 aliphatic carbocycles. The molecule has 0 aliphatic rings. The van der Waals surface area contributed by atoms with Crippen molar-refractivity contribution in [2.75, 3.05) is 26.2 Å². The van der Waals surface area contributed by atoms with E-state index < -0.39 is 0 Å². The number of aryl methyl sites for hydroxylation is 1.